The number of hydrogen-bond acceptors (Lipinski definition) is 7. The molecule has 0 saturated carbocycles. The average Bonchev–Trinajstić information content (AvgIpc) is 3.55. The van der Waals surface area contributed by atoms with Crippen LogP contribution in [0.2, 0.25) is 0 Å². The zero-order chi connectivity index (χ0) is 61.2. The van der Waals surface area contributed by atoms with Crippen LogP contribution in [0.15, 0.2) is 72.9 Å². The third kappa shape index (κ3) is 66.3. The molecule has 1 N–H and O–H groups in total. The molecule has 0 aliphatic heterocycles. The van der Waals surface area contributed by atoms with Gasteiger partial charge in [-0.25, -0.2) is 4.79 Å². The first-order chi connectivity index (χ1) is 41.1. The van der Waals surface area contributed by atoms with Crippen LogP contribution in [0.5, 0.6) is 0 Å². The molecule has 2 unspecified atom stereocenters. The lowest BCUT2D eigenvalue weighted by molar-refractivity contribution is -0.870. The maximum atomic E-state index is 13.0. The van der Waals surface area contributed by atoms with Crippen LogP contribution in [0.1, 0.15) is 328 Å². The molecule has 0 spiro atoms. The van der Waals surface area contributed by atoms with E-state index in [0.29, 0.717) is 17.4 Å². The van der Waals surface area contributed by atoms with E-state index in [1.54, 1.807) is 0 Å². The van der Waals surface area contributed by atoms with E-state index in [9.17, 15) is 19.5 Å². The number of nitrogens with zero attached hydrogens (tertiary/aromatic N) is 1. The molecule has 0 aromatic carbocycles. The van der Waals surface area contributed by atoms with Crippen molar-refractivity contribution in [1.29, 1.82) is 0 Å². The molecule has 0 radical (unpaired) electrons. The number of rotatable bonds is 66. The van der Waals surface area contributed by atoms with Crippen LogP contribution in [0, 0.1) is 0 Å². The van der Waals surface area contributed by atoms with Crippen LogP contribution in [0.25, 0.3) is 0 Å². The fourth-order valence-corrected chi connectivity index (χ4v) is 10.3. The van der Waals surface area contributed by atoms with Gasteiger partial charge in [-0.2, -0.15) is 0 Å². The minimum atomic E-state index is -1.51. The van der Waals surface area contributed by atoms with Gasteiger partial charge in [0.2, 0.25) is 0 Å². The number of aliphatic carboxylic acids is 1. The lowest BCUT2D eigenvalue weighted by atomic mass is 10.0. The van der Waals surface area contributed by atoms with Crippen molar-refractivity contribution in [2.45, 2.75) is 341 Å². The summed E-state index contributed by atoms with van der Waals surface area (Å²) >= 11 is 0. The number of carbonyl (C=O) groups excluding carboxylic acids is 2. The van der Waals surface area contributed by atoms with E-state index in [1.807, 2.05) is 21.1 Å². The van der Waals surface area contributed by atoms with E-state index in [0.717, 1.165) is 77.0 Å². The Morgan fingerprint density at radius 2 is 0.679 bits per heavy atom. The van der Waals surface area contributed by atoms with E-state index in [-0.39, 0.29) is 38.2 Å². The van der Waals surface area contributed by atoms with Crippen LogP contribution < -0.4 is 0 Å². The molecule has 0 heterocycles. The van der Waals surface area contributed by atoms with E-state index in [2.05, 4.69) is 86.8 Å². The minimum Gasteiger partial charge on any atom is -0.477 e. The quantitative estimate of drug-likeness (QED) is 0.0211. The number of carbonyl (C=O) groups is 3. The SMILES string of the molecule is CC/C=C\C/C=C\C/C=C\C/C=C\C/C=C\C/C=C\CCCCCCCCCCCCCCCCCCC(=O)OC(COC(=O)CCCCCCCCCCCCCCCCCCCCCCCCCC)COC(OCC[N+](C)(C)C)C(=O)O. The van der Waals surface area contributed by atoms with E-state index < -0.39 is 18.4 Å². The fraction of sp³-hybridized carbons (Fsp3) is 0.800. The van der Waals surface area contributed by atoms with E-state index in [4.69, 9.17) is 18.9 Å². The van der Waals surface area contributed by atoms with Crippen LogP contribution in [-0.2, 0) is 33.3 Å². The molecule has 0 rings (SSSR count). The van der Waals surface area contributed by atoms with Gasteiger partial charge in [0, 0.05) is 12.8 Å². The van der Waals surface area contributed by atoms with Gasteiger partial charge in [0.1, 0.15) is 13.2 Å². The molecule has 0 saturated heterocycles. The average molecular weight is 1180 g/mol. The molecule has 0 amide bonds. The molecule has 0 bridgehead atoms. The van der Waals surface area contributed by atoms with Gasteiger partial charge in [-0.3, -0.25) is 9.59 Å². The third-order valence-corrected chi connectivity index (χ3v) is 15.7. The smallest absolute Gasteiger partial charge is 0.361 e. The summed E-state index contributed by atoms with van der Waals surface area (Å²) in [5.41, 5.74) is 0. The molecule has 84 heavy (non-hydrogen) atoms. The van der Waals surface area contributed by atoms with Gasteiger partial charge in [-0.05, 0) is 64.2 Å². The Hall–Kier alpha value is -3.27. The van der Waals surface area contributed by atoms with Crippen LogP contribution in [0.4, 0.5) is 0 Å². The zero-order valence-corrected chi connectivity index (χ0v) is 55.8. The number of hydrogen-bond donors (Lipinski definition) is 1. The molecule has 0 aliphatic rings. The molecular weight excluding hydrogens is 1040 g/mol. The van der Waals surface area contributed by atoms with Gasteiger partial charge in [0.05, 0.1) is 34.4 Å². The van der Waals surface area contributed by atoms with E-state index >= 15 is 0 Å². The van der Waals surface area contributed by atoms with Crippen molar-refractivity contribution in [3.8, 4) is 0 Å². The van der Waals surface area contributed by atoms with Gasteiger partial charge in [-0.15, -0.1) is 0 Å². The second kappa shape index (κ2) is 65.7. The van der Waals surface area contributed by atoms with Crippen molar-refractivity contribution < 1.29 is 42.9 Å². The maximum absolute atomic E-state index is 13.0. The Labute approximate surface area is 519 Å². The first kappa shape index (κ1) is 80.7. The lowest BCUT2D eigenvalue weighted by Crippen LogP contribution is -2.40. The number of likely N-dealkylation sites (N-methyl/N-ethyl adjacent to an activating group) is 1. The van der Waals surface area contributed by atoms with Crippen LogP contribution in [-0.4, -0.2) is 87.4 Å². The normalized spacial score (nSPS) is 13.1. The third-order valence-electron chi connectivity index (χ3n) is 15.7. The van der Waals surface area contributed by atoms with Crippen LogP contribution in [0.3, 0.4) is 0 Å². The fourth-order valence-electron chi connectivity index (χ4n) is 10.3. The number of carboxylic acids is 1. The number of allylic oxidation sites excluding steroid dienone is 12. The summed E-state index contributed by atoms with van der Waals surface area (Å²) in [6.45, 7) is 4.82. The number of unbranched alkanes of at least 4 members (excludes halogenated alkanes) is 39. The predicted octanol–water partition coefficient (Wildman–Crippen LogP) is 22.1. The standard InChI is InChI=1S/C75H135NO8/c1-6-8-10-12-14-16-18-20-22-24-26-28-30-32-33-34-35-36-37-38-39-40-41-42-44-46-48-50-52-54-56-58-60-62-64-66-73(78)84-71(70-83-75(74(79)80)81-68-67-76(3,4)5)69-82-72(77)65-63-61-59-57-55-53-51-49-47-45-43-31-29-27-25-23-21-19-17-15-13-11-9-7-2/h8,10,14,16,20,22,26,28,32-33,35-36,71,75H,6-7,9,11-13,15,17-19,21,23-25,27,29-31,34,37-70H2,1-5H3/p+1/b10-8-,16-14-,22-20-,28-26-,33-32-,36-35-. The number of ether oxygens (including phenoxy) is 4. The zero-order valence-electron chi connectivity index (χ0n) is 55.8. The topological polar surface area (TPSA) is 108 Å². The summed E-state index contributed by atoms with van der Waals surface area (Å²) in [5, 5.41) is 9.75. The highest BCUT2D eigenvalue weighted by Crippen LogP contribution is 2.18. The Kier molecular flexibility index (Phi) is 63.1. The molecule has 488 valence electrons. The maximum Gasteiger partial charge on any atom is 0.361 e. The summed E-state index contributed by atoms with van der Waals surface area (Å²) in [6.07, 6.45) is 84.5. The molecule has 0 aliphatic carbocycles. The summed E-state index contributed by atoms with van der Waals surface area (Å²) in [6, 6.07) is 0. The summed E-state index contributed by atoms with van der Waals surface area (Å²) < 4.78 is 23.0. The Morgan fingerprint density at radius 3 is 1.01 bits per heavy atom. The Bertz CT molecular complexity index is 1610. The van der Waals surface area contributed by atoms with Gasteiger partial charge in [0.15, 0.2) is 6.10 Å². The van der Waals surface area contributed by atoms with Crippen LogP contribution >= 0.6 is 0 Å². The highest BCUT2D eigenvalue weighted by atomic mass is 16.7. The highest BCUT2D eigenvalue weighted by Gasteiger charge is 2.25. The number of esters is 2. The van der Waals surface area contributed by atoms with Gasteiger partial charge in [-0.1, -0.05) is 324 Å². The summed E-state index contributed by atoms with van der Waals surface area (Å²) in [4.78, 5) is 37.6. The van der Waals surface area contributed by atoms with Crippen molar-refractivity contribution in [2.24, 2.45) is 0 Å². The largest absolute Gasteiger partial charge is 0.477 e. The molecule has 9 nitrogen and oxygen atoms in total. The molecular formula is C75H136NO8+. The summed E-state index contributed by atoms with van der Waals surface area (Å²) in [7, 11) is 5.99. The highest BCUT2D eigenvalue weighted by molar-refractivity contribution is 5.71. The molecule has 2 atom stereocenters. The monoisotopic (exact) mass is 1180 g/mol. The Morgan fingerprint density at radius 1 is 0.369 bits per heavy atom. The van der Waals surface area contributed by atoms with Crippen molar-refractivity contribution in [3.63, 3.8) is 0 Å². The van der Waals surface area contributed by atoms with Gasteiger partial charge >= 0.3 is 17.9 Å². The second-order valence-electron chi connectivity index (χ2n) is 25.2. The molecule has 0 aromatic heterocycles. The van der Waals surface area contributed by atoms with Crippen molar-refractivity contribution >= 4 is 17.9 Å². The summed E-state index contributed by atoms with van der Waals surface area (Å²) in [5.74, 6) is -1.98. The molecule has 0 aromatic rings. The van der Waals surface area contributed by atoms with Gasteiger partial charge in [0.25, 0.3) is 6.29 Å². The minimum absolute atomic E-state index is 0.179. The van der Waals surface area contributed by atoms with Crippen molar-refractivity contribution in [3.05, 3.63) is 72.9 Å². The molecule has 9 heteroatoms. The lowest BCUT2D eigenvalue weighted by Gasteiger charge is -2.25. The predicted molar refractivity (Wildman–Crippen MR) is 359 cm³/mol. The van der Waals surface area contributed by atoms with E-state index in [1.165, 1.54) is 225 Å². The van der Waals surface area contributed by atoms with Crippen molar-refractivity contribution in [1.82, 2.24) is 0 Å². The molecule has 0 fully saturated rings. The second-order valence-corrected chi connectivity index (χ2v) is 25.2. The van der Waals surface area contributed by atoms with Crippen molar-refractivity contribution in [2.75, 3.05) is 47.5 Å². The number of carboxylic acid groups (broad SMARTS) is 1. The first-order valence-electron chi connectivity index (χ1n) is 35.6. The first-order valence-corrected chi connectivity index (χ1v) is 35.6. The number of quaternary nitrogens is 1. The van der Waals surface area contributed by atoms with Gasteiger partial charge < -0.3 is 28.5 Å². The Balaban J connectivity index is 4.07.